The van der Waals surface area contributed by atoms with Gasteiger partial charge in [-0.25, -0.2) is 4.90 Å². The Hall–Kier alpha value is -1.33. The molecule has 2 aliphatic heterocycles. The van der Waals surface area contributed by atoms with Crippen LogP contribution in [0.3, 0.4) is 0 Å². The Morgan fingerprint density at radius 1 is 1.17 bits per heavy atom. The van der Waals surface area contributed by atoms with E-state index in [1.807, 2.05) is 0 Å². The van der Waals surface area contributed by atoms with Gasteiger partial charge in [0.2, 0.25) is 0 Å². The van der Waals surface area contributed by atoms with Crippen molar-refractivity contribution in [2.75, 3.05) is 10.2 Å². The SMILES string of the molecule is O=C1C2=C(CCCC2)C(=O)N1c1ccc(Cl)c2c1CC(CBr)O2. The third kappa shape index (κ3) is 2.24. The van der Waals surface area contributed by atoms with Gasteiger partial charge in [-0.3, -0.25) is 9.59 Å². The molecule has 0 saturated heterocycles. The minimum absolute atomic E-state index is 0.0287. The quantitative estimate of drug-likeness (QED) is 0.564. The summed E-state index contributed by atoms with van der Waals surface area (Å²) in [6, 6.07) is 3.46. The zero-order valence-electron chi connectivity index (χ0n) is 12.4. The van der Waals surface area contributed by atoms with Crippen LogP contribution in [-0.2, 0) is 16.0 Å². The van der Waals surface area contributed by atoms with E-state index >= 15 is 0 Å². The molecule has 2 amide bonds. The average molecular weight is 397 g/mol. The largest absolute Gasteiger partial charge is 0.487 e. The van der Waals surface area contributed by atoms with Crippen molar-refractivity contribution in [3.8, 4) is 5.75 Å². The highest BCUT2D eigenvalue weighted by atomic mass is 79.9. The summed E-state index contributed by atoms with van der Waals surface area (Å²) in [4.78, 5) is 26.8. The summed E-state index contributed by atoms with van der Waals surface area (Å²) in [7, 11) is 0. The molecule has 0 spiro atoms. The number of nitrogens with zero attached hydrogens (tertiary/aromatic N) is 1. The van der Waals surface area contributed by atoms with Crippen LogP contribution < -0.4 is 9.64 Å². The number of alkyl halides is 1. The highest BCUT2D eigenvalue weighted by Gasteiger charge is 2.42. The molecule has 1 atom stereocenters. The fourth-order valence-corrected chi connectivity index (χ4v) is 4.19. The third-order valence-corrected chi connectivity index (χ3v) is 5.73. The fourth-order valence-electron chi connectivity index (χ4n) is 3.60. The van der Waals surface area contributed by atoms with Crippen LogP contribution >= 0.6 is 27.5 Å². The lowest BCUT2D eigenvalue weighted by Crippen LogP contribution is -2.32. The summed E-state index contributed by atoms with van der Waals surface area (Å²) in [6.07, 6.45) is 3.95. The van der Waals surface area contributed by atoms with E-state index in [-0.39, 0.29) is 17.9 Å². The van der Waals surface area contributed by atoms with Crippen molar-refractivity contribution in [1.82, 2.24) is 0 Å². The lowest BCUT2D eigenvalue weighted by atomic mass is 9.93. The van der Waals surface area contributed by atoms with Crippen LogP contribution in [0.5, 0.6) is 5.75 Å². The Labute approximate surface area is 147 Å². The Bertz CT molecular complexity index is 730. The molecule has 0 radical (unpaired) electrons. The number of hydrogen-bond donors (Lipinski definition) is 0. The molecule has 6 heteroatoms. The van der Waals surface area contributed by atoms with Gasteiger partial charge in [-0.05, 0) is 37.8 Å². The average Bonchev–Trinajstić information content (AvgIpc) is 3.11. The number of rotatable bonds is 2. The molecule has 1 unspecified atom stereocenters. The van der Waals surface area contributed by atoms with Gasteiger partial charge in [0, 0.05) is 28.5 Å². The summed E-state index contributed by atoms with van der Waals surface area (Å²) in [6.45, 7) is 0. The Balaban J connectivity index is 1.78. The number of carbonyl (C=O) groups excluding carboxylic acids is 2. The van der Waals surface area contributed by atoms with Crippen LogP contribution in [0.1, 0.15) is 31.2 Å². The first-order valence-corrected chi connectivity index (χ1v) is 9.26. The van der Waals surface area contributed by atoms with Crippen molar-refractivity contribution in [1.29, 1.82) is 0 Å². The van der Waals surface area contributed by atoms with Crippen LogP contribution in [-0.4, -0.2) is 23.2 Å². The Morgan fingerprint density at radius 2 is 1.83 bits per heavy atom. The summed E-state index contributed by atoms with van der Waals surface area (Å²) in [5.74, 6) is 0.257. The van der Waals surface area contributed by atoms with Crippen molar-refractivity contribution >= 4 is 45.0 Å². The van der Waals surface area contributed by atoms with E-state index in [2.05, 4.69) is 15.9 Å². The third-order valence-electron chi connectivity index (χ3n) is 4.71. The van der Waals surface area contributed by atoms with Crippen molar-refractivity contribution in [3.05, 3.63) is 33.9 Å². The van der Waals surface area contributed by atoms with Gasteiger partial charge in [0.1, 0.15) is 11.9 Å². The summed E-state index contributed by atoms with van der Waals surface area (Å²) in [5.41, 5.74) is 2.86. The van der Waals surface area contributed by atoms with Crippen molar-refractivity contribution in [2.45, 2.75) is 38.2 Å². The molecule has 120 valence electrons. The molecule has 1 aromatic carbocycles. The second-order valence-electron chi connectivity index (χ2n) is 6.08. The molecular weight excluding hydrogens is 382 g/mol. The predicted molar refractivity (Wildman–Crippen MR) is 91.4 cm³/mol. The van der Waals surface area contributed by atoms with E-state index in [1.54, 1.807) is 12.1 Å². The zero-order chi connectivity index (χ0) is 16.1. The number of hydrogen-bond acceptors (Lipinski definition) is 3. The van der Waals surface area contributed by atoms with Crippen LogP contribution in [0.4, 0.5) is 5.69 Å². The molecule has 0 fully saturated rings. The number of fused-ring (bicyclic) bond motifs is 1. The number of carbonyl (C=O) groups is 2. The number of halogens is 2. The molecule has 0 N–H and O–H groups in total. The molecule has 4 rings (SSSR count). The minimum Gasteiger partial charge on any atom is -0.487 e. The number of anilines is 1. The number of amides is 2. The van der Waals surface area contributed by atoms with Gasteiger partial charge >= 0.3 is 0 Å². The summed E-state index contributed by atoms with van der Waals surface area (Å²) in [5, 5.41) is 1.19. The maximum atomic E-state index is 12.8. The van der Waals surface area contributed by atoms with E-state index in [4.69, 9.17) is 16.3 Å². The maximum Gasteiger partial charge on any atom is 0.261 e. The minimum atomic E-state index is -0.170. The van der Waals surface area contributed by atoms with E-state index < -0.39 is 0 Å². The van der Waals surface area contributed by atoms with Crippen LogP contribution in [0.15, 0.2) is 23.3 Å². The first kappa shape index (κ1) is 15.2. The standard InChI is InChI=1S/C17H15BrClNO3/c18-8-9-7-12-14(6-5-13(19)15(12)23-9)20-16(21)10-3-1-2-4-11(10)17(20)22/h5-6,9H,1-4,7-8H2. The molecule has 23 heavy (non-hydrogen) atoms. The monoisotopic (exact) mass is 395 g/mol. The van der Waals surface area contributed by atoms with Gasteiger partial charge in [0.05, 0.1) is 10.7 Å². The first-order valence-electron chi connectivity index (χ1n) is 7.76. The van der Waals surface area contributed by atoms with Gasteiger partial charge in [-0.1, -0.05) is 27.5 Å². The molecule has 4 nitrogen and oxygen atoms in total. The molecule has 1 aliphatic carbocycles. The van der Waals surface area contributed by atoms with Crippen molar-refractivity contribution in [3.63, 3.8) is 0 Å². The smallest absolute Gasteiger partial charge is 0.261 e. The van der Waals surface area contributed by atoms with Gasteiger partial charge < -0.3 is 4.74 Å². The lowest BCUT2D eigenvalue weighted by Gasteiger charge is -2.18. The van der Waals surface area contributed by atoms with E-state index in [0.717, 1.165) is 18.4 Å². The number of ether oxygens (including phenoxy) is 1. The molecular formula is C17H15BrClNO3. The van der Waals surface area contributed by atoms with E-state index in [0.29, 0.717) is 52.2 Å². The van der Waals surface area contributed by atoms with Crippen LogP contribution in [0.25, 0.3) is 0 Å². The number of imide groups is 1. The number of benzene rings is 1. The summed E-state index contributed by atoms with van der Waals surface area (Å²) < 4.78 is 5.83. The van der Waals surface area contributed by atoms with Gasteiger partial charge in [0.15, 0.2) is 0 Å². The predicted octanol–water partition coefficient (Wildman–Crippen LogP) is 3.78. The topological polar surface area (TPSA) is 46.6 Å². The molecule has 0 aromatic heterocycles. The normalized spacial score (nSPS) is 23.2. The van der Waals surface area contributed by atoms with Crippen molar-refractivity contribution in [2.24, 2.45) is 0 Å². The van der Waals surface area contributed by atoms with Gasteiger partial charge in [-0.2, -0.15) is 0 Å². The van der Waals surface area contributed by atoms with Gasteiger partial charge in [-0.15, -0.1) is 0 Å². The second-order valence-corrected chi connectivity index (χ2v) is 7.14. The van der Waals surface area contributed by atoms with Crippen LogP contribution in [0.2, 0.25) is 5.02 Å². The molecule has 1 aromatic rings. The Morgan fingerprint density at radius 3 is 2.43 bits per heavy atom. The first-order chi connectivity index (χ1) is 11.1. The lowest BCUT2D eigenvalue weighted by molar-refractivity contribution is -0.120. The highest BCUT2D eigenvalue weighted by Crippen LogP contribution is 2.45. The molecule has 0 bridgehead atoms. The van der Waals surface area contributed by atoms with Crippen molar-refractivity contribution < 1.29 is 14.3 Å². The molecule has 3 aliphatic rings. The zero-order valence-corrected chi connectivity index (χ0v) is 14.7. The second kappa shape index (κ2) is 5.64. The van der Waals surface area contributed by atoms with Gasteiger partial charge in [0.25, 0.3) is 11.8 Å². The highest BCUT2D eigenvalue weighted by molar-refractivity contribution is 9.09. The molecule has 0 saturated carbocycles. The van der Waals surface area contributed by atoms with Crippen LogP contribution in [0, 0.1) is 0 Å². The summed E-state index contributed by atoms with van der Waals surface area (Å²) >= 11 is 9.64. The maximum absolute atomic E-state index is 12.8. The van der Waals surface area contributed by atoms with E-state index in [9.17, 15) is 9.59 Å². The Kier molecular flexibility index (Phi) is 3.73. The van der Waals surface area contributed by atoms with E-state index in [1.165, 1.54) is 4.90 Å². The molecule has 2 heterocycles. The fraction of sp³-hybridized carbons (Fsp3) is 0.412.